The number of rotatable bonds is 1. The minimum atomic E-state index is -0.281. The molecule has 0 aromatic heterocycles. The van der Waals surface area contributed by atoms with Crippen molar-refractivity contribution < 1.29 is 4.79 Å². The van der Waals surface area contributed by atoms with Gasteiger partial charge in [-0.1, -0.05) is 11.6 Å². The summed E-state index contributed by atoms with van der Waals surface area (Å²) < 4.78 is 0. The first-order chi connectivity index (χ1) is 8.54. The zero-order valence-electron chi connectivity index (χ0n) is 10.3. The summed E-state index contributed by atoms with van der Waals surface area (Å²) in [7, 11) is 0. The molecule has 18 heavy (non-hydrogen) atoms. The van der Waals surface area contributed by atoms with Gasteiger partial charge in [-0.25, -0.2) is 0 Å². The maximum atomic E-state index is 12.2. The molecule has 0 radical (unpaired) electrons. The summed E-state index contributed by atoms with van der Waals surface area (Å²) in [4.78, 5) is 14.0. The van der Waals surface area contributed by atoms with Crippen LogP contribution in [0.1, 0.15) is 30.1 Å². The third-order valence-corrected chi connectivity index (χ3v) is 3.77. The third kappa shape index (κ3) is 2.65. The normalized spacial score (nSPS) is 18.2. The number of hydrogen-bond acceptors (Lipinski definition) is 2. The Labute approximate surface area is 112 Å². The predicted molar refractivity (Wildman–Crippen MR) is 70.3 cm³/mol. The average Bonchev–Trinajstić information content (AvgIpc) is 2.40. The molecule has 0 bridgehead atoms. The summed E-state index contributed by atoms with van der Waals surface area (Å²) in [5.74, 6) is 0.0201. The molecule has 0 aliphatic carbocycles. The van der Waals surface area contributed by atoms with Gasteiger partial charge in [0.1, 0.15) is 0 Å². The van der Waals surface area contributed by atoms with Crippen molar-refractivity contribution in [1.29, 1.82) is 5.26 Å². The Kier molecular flexibility index (Phi) is 3.58. The lowest BCUT2D eigenvalue weighted by Crippen LogP contribution is -2.41. The molecule has 0 unspecified atom stereocenters. The summed E-state index contributed by atoms with van der Waals surface area (Å²) in [6.07, 6.45) is 1.48. The molecule has 1 aromatic rings. The van der Waals surface area contributed by atoms with E-state index in [4.69, 9.17) is 16.9 Å². The van der Waals surface area contributed by atoms with Crippen LogP contribution in [-0.2, 0) is 0 Å². The first-order valence-corrected chi connectivity index (χ1v) is 6.38. The van der Waals surface area contributed by atoms with Gasteiger partial charge >= 0.3 is 0 Å². The first kappa shape index (κ1) is 12.9. The highest BCUT2D eigenvalue weighted by atomic mass is 35.5. The van der Waals surface area contributed by atoms with E-state index in [0.29, 0.717) is 23.7 Å². The second-order valence-electron chi connectivity index (χ2n) is 4.97. The molecule has 94 valence electrons. The molecule has 0 N–H and O–H groups in total. The maximum Gasteiger partial charge on any atom is 0.253 e. The highest BCUT2D eigenvalue weighted by Gasteiger charge is 2.31. The average molecular weight is 263 g/mol. The molecular formula is C14H15ClN2O. The van der Waals surface area contributed by atoms with Gasteiger partial charge in [0.25, 0.3) is 5.91 Å². The highest BCUT2D eigenvalue weighted by molar-refractivity contribution is 6.30. The Morgan fingerprint density at radius 2 is 1.89 bits per heavy atom. The van der Waals surface area contributed by atoms with Crippen LogP contribution in [-0.4, -0.2) is 23.9 Å². The fraction of sp³-hybridized carbons (Fsp3) is 0.429. The molecule has 1 heterocycles. The van der Waals surface area contributed by atoms with Crippen LogP contribution in [0.25, 0.3) is 0 Å². The standard InChI is InChI=1S/C14H15ClN2O/c1-14(10-16)6-8-17(9-7-14)13(18)11-2-4-12(15)5-3-11/h2-5H,6-9H2,1H3. The van der Waals surface area contributed by atoms with E-state index in [-0.39, 0.29) is 11.3 Å². The molecule has 2 rings (SSSR count). The summed E-state index contributed by atoms with van der Waals surface area (Å²) in [6.45, 7) is 3.24. The van der Waals surface area contributed by atoms with Crippen LogP contribution >= 0.6 is 11.6 Å². The molecule has 1 saturated heterocycles. The summed E-state index contributed by atoms with van der Waals surface area (Å²) in [6, 6.07) is 9.25. The summed E-state index contributed by atoms with van der Waals surface area (Å²) in [5.41, 5.74) is 0.372. The van der Waals surface area contributed by atoms with E-state index in [2.05, 4.69) is 6.07 Å². The lowest BCUT2D eigenvalue weighted by molar-refractivity contribution is 0.0661. The van der Waals surface area contributed by atoms with Gasteiger partial charge in [-0.15, -0.1) is 0 Å². The van der Waals surface area contributed by atoms with Crippen molar-refractivity contribution >= 4 is 17.5 Å². The van der Waals surface area contributed by atoms with Gasteiger partial charge in [0.05, 0.1) is 11.5 Å². The van der Waals surface area contributed by atoms with Gasteiger partial charge in [-0.2, -0.15) is 5.26 Å². The van der Waals surface area contributed by atoms with Crippen molar-refractivity contribution in [1.82, 2.24) is 4.90 Å². The van der Waals surface area contributed by atoms with Gasteiger partial charge in [-0.3, -0.25) is 4.79 Å². The van der Waals surface area contributed by atoms with Crippen molar-refractivity contribution in [3.05, 3.63) is 34.9 Å². The number of carbonyl (C=O) groups excluding carboxylic acids is 1. The van der Waals surface area contributed by atoms with Crippen molar-refractivity contribution in [3.63, 3.8) is 0 Å². The summed E-state index contributed by atoms with van der Waals surface area (Å²) in [5, 5.41) is 9.68. The van der Waals surface area contributed by atoms with Crippen LogP contribution in [0.15, 0.2) is 24.3 Å². The molecule has 0 spiro atoms. The first-order valence-electron chi connectivity index (χ1n) is 6.00. The van der Waals surface area contributed by atoms with Crippen molar-refractivity contribution in [2.75, 3.05) is 13.1 Å². The van der Waals surface area contributed by atoms with E-state index in [1.807, 2.05) is 11.8 Å². The van der Waals surface area contributed by atoms with Gasteiger partial charge < -0.3 is 4.90 Å². The van der Waals surface area contributed by atoms with E-state index in [0.717, 1.165) is 12.8 Å². The molecule has 1 aliphatic rings. The minimum Gasteiger partial charge on any atom is -0.339 e. The van der Waals surface area contributed by atoms with Gasteiger partial charge in [-0.05, 0) is 44.0 Å². The second-order valence-corrected chi connectivity index (χ2v) is 5.41. The number of likely N-dealkylation sites (tertiary alicyclic amines) is 1. The monoisotopic (exact) mass is 262 g/mol. The topological polar surface area (TPSA) is 44.1 Å². The molecule has 1 fully saturated rings. The van der Waals surface area contributed by atoms with Crippen LogP contribution < -0.4 is 0 Å². The highest BCUT2D eigenvalue weighted by Crippen LogP contribution is 2.30. The lowest BCUT2D eigenvalue weighted by Gasteiger charge is -2.34. The Morgan fingerprint density at radius 1 is 1.33 bits per heavy atom. The van der Waals surface area contributed by atoms with E-state index in [1.165, 1.54) is 0 Å². The molecule has 1 amide bonds. The van der Waals surface area contributed by atoms with Crippen LogP contribution in [0.3, 0.4) is 0 Å². The van der Waals surface area contributed by atoms with Crippen LogP contribution in [0.5, 0.6) is 0 Å². The molecule has 4 heteroatoms. The quantitative estimate of drug-likeness (QED) is 0.781. The number of piperidine rings is 1. The number of benzene rings is 1. The molecule has 1 aromatic carbocycles. The van der Waals surface area contributed by atoms with Crippen molar-refractivity contribution in [2.24, 2.45) is 5.41 Å². The van der Waals surface area contributed by atoms with Crippen molar-refractivity contribution in [2.45, 2.75) is 19.8 Å². The zero-order valence-corrected chi connectivity index (χ0v) is 11.1. The van der Waals surface area contributed by atoms with E-state index >= 15 is 0 Å². The van der Waals surface area contributed by atoms with Crippen LogP contribution in [0.2, 0.25) is 5.02 Å². The Hall–Kier alpha value is -1.53. The van der Waals surface area contributed by atoms with Crippen LogP contribution in [0.4, 0.5) is 0 Å². The zero-order chi connectivity index (χ0) is 13.2. The van der Waals surface area contributed by atoms with Gasteiger partial charge in [0.15, 0.2) is 0 Å². The summed E-state index contributed by atoms with van der Waals surface area (Å²) >= 11 is 5.80. The van der Waals surface area contributed by atoms with Gasteiger partial charge in [0.2, 0.25) is 0 Å². The van der Waals surface area contributed by atoms with Gasteiger partial charge in [0, 0.05) is 23.7 Å². The second kappa shape index (κ2) is 4.99. The lowest BCUT2D eigenvalue weighted by atomic mass is 9.82. The van der Waals surface area contributed by atoms with Crippen LogP contribution in [0, 0.1) is 16.7 Å². The molecule has 1 aliphatic heterocycles. The largest absolute Gasteiger partial charge is 0.339 e. The third-order valence-electron chi connectivity index (χ3n) is 3.52. The number of carbonyl (C=O) groups is 1. The molecule has 0 saturated carbocycles. The number of nitrogens with zero attached hydrogens (tertiary/aromatic N) is 2. The minimum absolute atomic E-state index is 0.0201. The van der Waals surface area contributed by atoms with E-state index < -0.39 is 0 Å². The Balaban J connectivity index is 2.04. The maximum absolute atomic E-state index is 12.2. The Morgan fingerprint density at radius 3 is 2.39 bits per heavy atom. The number of amides is 1. The van der Waals surface area contributed by atoms with E-state index in [9.17, 15) is 4.79 Å². The molecule has 0 atom stereocenters. The molecular weight excluding hydrogens is 248 g/mol. The van der Waals surface area contributed by atoms with E-state index in [1.54, 1.807) is 24.3 Å². The SMILES string of the molecule is CC1(C#N)CCN(C(=O)c2ccc(Cl)cc2)CC1. The van der Waals surface area contributed by atoms with Crippen molar-refractivity contribution in [3.8, 4) is 6.07 Å². The fourth-order valence-corrected chi connectivity index (χ4v) is 2.22. The Bertz CT molecular complexity index is 482. The number of nitriles is 1. The predicted octanol–water partition coefficient (Wildman–Crippen LogP) is 3.11. The number of halogens is 1. The smallest absolute Gasteiger partial charge is 0.253 e. The number of hydrogen-bond donors (Lipinski definition) is 0. The molecule has 3 nitrogen and oxygen atoms in total. The fourth-order valence-electron chi connectivity index (χ4n) is 2.09.